The van der Waals surface area contributed by atoms with E-state index >= 15 is 0 Å². The van der Waals surface area contributed by atoms with E-state index in [2.05, 4.69) is 0 Å². The van der Waals surface area contributed by atoms with Crippen LogP contribution in [0.1, 0.15) is 36.5 Å². The number of likely N-dealkylation sites (tertiary alicyclic amines) is 1. The Bertz CT molecular complexity index is 960. The number of aliphatic hydroxyl groups excluding tert-OH is 1. The van der Waals surface area contributed by atoms with E-state index in [-0.39, 0.29) is 11.3 Å². The number of nitrogens with zero attached hydrogens (tertiary/aromatic N) is 1. The molecule has 3 rings (SSSR count). The zero-order valence-corrected chi connectivity index (χ0v) is 17.9. The van der Waals surface area contributed by atoms with Gasteiger partial charge < -0.3 is 24.1 Å². The molecule has 1 aromatic carbocycles. The summed E-state index contributed by atoms with van der Waals surface area (Å²) >= 11 is 0. The Morgan fingerprint density at radius 3 is 2.63 bits per heavy atom. The number of benzene rings is 1. The van der Waals surface area contributed by atoms with Gasteiger partial charge in [-0.05, 0) is 38.1 Å². The van der Waals surface area contributed by atoms with Crippen molar-refractivity contribution < 1.29 is 28.7 Å². The minimum atomic E-state index is -0.758. The molecule has 0 saturated carbocycles. The summed E-state index contributed by atoms with van der Waals surface area (Å²) in [6.07, 6.45) is 0.728. The van der Waals surface area contributed by atoms with Crippen molar-refractivity contribution in [2.45, 2.75) is 26.3 Å². The molecule has 0 bridgehead atoms. The van der Waals surface area contributed by atoms with Gasteiger partial charge in [0.2, 0.25) is 0 Å². The highest BCUT2D eigenvalue weighted by Gasteiger charge is 2.47. The standard InChI is InChI=1S/C23H28N2O5/c1-5-29-17-9-6-8-16(14-17)21(26)19-20(18-11-10-15(2)30-18)25(23(28)22(19)27)13-7-12-24(3)4/h6,8-11,14,20,26H,5,7,12-13H2,1-4H3/p+1/t20-/m0/s1. The molecule has 1 atom stereocenters. The first-order valence-electron chi connectivity index (χ1n) is 10.2. The monoisotopic (exact) mass is 413 g/mol. The molecule has 1 aromatic heterocycles. The fraction of sp³-hybridized carbons (Fsp3) is 0.391. The van der Waals surface area contributed by atoms with Crippen molar-refractivity contribution in [1.82, 2.24) is 4.90 Å². The summed E-state index contributed by atoms with van der Waals surface area (Å²) in [5.41, 5.74) is 0.463. The number of hydrogen-bond donors (Lipinski definition) is 2. The summed E-state index contributed by atoms with van der Waals surface area (Å²) in [5, 5.41) is 11.0. The van der Waals surface area contributed by atoms with Gasteiger partial charge in [0, 0.05) is 18.5 Å². The first-order chi connectivity index (χ1) is 14.3. The Morgan fingerprint density at radius 1 is 1.23 bits per heavy atom. The van der Waals surface area contributed by atoms with E-state index in [1.165, 1.54) is 9.80 Å². The predicted molar refractivity (Wildman–Crippen MR) is 112 cm³/mol. The third-order valence-electron chi connectivity index (χ3n) is 5.06. The fourth-order valence-corrected chi connectivity index (χ4v) is 3.67. The molecule has 30 heavy (non-hydrogen) atoms. The molecule has 0 radical (unpaired) electrons. The van der Waals surface area contributed by atoms with Crippen molar-refractivity contribution in [1.29, 1.82) is 0 Å². The number of nitrogens with one attached hydrogen (secondary N) is 1. The quantitative estimate of drug-likeness (QED) is 0.393. The van der Waals surface area contributed by atoms with Crippen LogP contribution < -0.4 is 9.64 Å². The number of quaternary nitrogens is 1. The Hall–Kier alpha value is -3.06. The topological polar surface area (TPSA) is 84.4 Å². The molecule has 0 aliphatic carbocycles. The smallest absolute Gasteiger partial charge is 0.295 e. The van der Waals surface area contributed by atoms with Crippen LogP contribution >= 0.6 is 0 Å². The van der Waals surface area contributed by atoms with Gasteiger partial charge in [-0.15, -0.1) is 0 Å². The maximum absolute atomic E-state index is 12.9. The lowest BCUT2D eigenvalue weighted by Gasteiger charge is -2.23. The van der Waals surface area contributed by atoms with Gasteiger partial charge >= 0.3 is 0 Å². The zero-order valence-electron chi connectivity index (χ0n) is 17.9. The van der Waals surface area contributed by atoms with Gasteiger partial charge in [0.15, 0.2) is 0 Å². The van der Waals surface area contributed by atoms with Gasteiger partial charge in [-0.2, -0.15) is 0 Å². The molecule has 0 unspecified atom stereocenters. The van der Waals surface area contributed by atoms with Gasteiger partial charge in [-0.1, -0.05) is 12.1 Å². The van der Waals surface area contributed by atoms with E-state index in [0.29, 0.717) is 36.0 Å². The normalized spacial score (nSPS) is 18.4. The van der Waals surface area contributed by atoms with E-state index in [4.69, 9.17) is 9.15 Å². The molecule has 1 aliphatic heterocycles. The molecular formula is C23H29N2O5+. The van der Waals surface area contributed by atoms with Gasteiger partial charge in [-0.3, -0.25) is 9.59 Å². The fourth-order valence-electron chi connectivity index (χ4n) is 3.67. The molecule has 7 nitrogen and oxygen atoms in total. The first kappa shape index (κ1) is 21.6. The van der Waals surface area contributed by atoms with Crippen molar-refractivity contribution >= 4 is 17.4 Å². The number of aryl methyl sites for hydroxylation is 1. The largest absolute Gasteiger partial charge is 0.507 e. The highest BCUT2D eigenvalue weighted by atomic mass is 16.5. The Kier molecular flexibility index (Phi) is 6.62. The molecule has 2 aromatic rings. The molecule has 1 amide bonds. The lowest BCUT2D eigenvalue weighted by atomic mass is 9.99. The van der Waals surface area contributed by atoms with E-state index in [0.717, 1.165) is 13.0 Å². The first-order valence-corrected chi connectivity index (χ1v) is 10.2. The van der Waals surface area contributed by atoms with Crippen LogP contribution in [-0.4, -0.2) is 55.5 Å². The van der Waals surface area contributed by atoms with Crippen molar-refractivity contribution in [2.24, 2.45) is 0 Å². The van der Waals surface area contributed by atoms with E-state index in [9.17, 15) is 14.7 Å². The highest BCUT2D eigenvalue weighted by Crippen LogP contribution is 2.40. The SMILES string of the molecule is CCOc1cccc(C(O)=C2C(=O)C(=O)N(CCC[NH+](C)C)[C@H]2c2ccc(C)o2)c1. The van der Waals surface area contributed by atoms with Gasteiger partial charge in [-0.25, -0.2) is 0 Å². The van der Waals surface area contributed by atoms with Crippen LogP contribution in [-0.2, 0) is 9.59 Å². The number of carbonyl (C=O) groups excluding carboxylic acids is 2. The molecule has 1 fully saturated rings. The molecular weight excluding hydrogens is 384 g/mol. The number of aliphatic hydroxyl groups is 1. The second-order valence-electron chi connectivity index (χ2n) is 7.71. The average molecular weight is 413 g/mol. The second kappa shape index (κ2) is 9.17. The number of Topliss-reactive ketones (excluding diaryl/α,β-unsaturated/α-hetero) is 1. The second-order valence-corrected chi connectivity index (χ2v) is 7.71. The molecule has 0 spiro atoms. The summed E-state index contributed by atoms with van der Waals surface area (Å²) < 4.78 is 11.3. The molecule has 2 heterocycles. The predicted octanol–water partition coefficient (Wildman–Crippen LogP) is 1.94. The van der Waals surface area contributed by atoms with Crippen molar-refractivity contribution in [3.05, 3.63) is 59.1 Å². The Balaban J connectivity index is 2.06. The van der Waals surface area contributed by atoms with Crippen LogP contribution in [0.15, 0.2) is 46.4 Å². The highest BCUT2D eigenvalue weighted by molar-refractivity contribution is 6.46. The molecule has 7 heteroatoms. The van der Waals surface area contributed by atoms with Crippen LogP contribution in [0.5, 0.6) is 5.75 Å². The Labute approximate surface area is 176 Å². The van der Waals surface area contributed by atoms with E-state index < -0.39 is 17.7 Å². The number of furan rings is 1. The third kappa shape index (κ3) is 4.41. The molecule has 1 saturated heterocycles. The Morgan fingerprint density at radius 2 is 2.00 bits per heavy atom. The molecule has 2 N–H and O–H groups in total. The number of ketones is 1. The van der Waals surface area contributed by atoms with Crippen LogP contribution in [0.2, 0.25) is 0 Å². The molecule has 160 valence electrons. The lowest BCUT2D eigenvalue weighted by Crippen LogP contribution is -3.05. The van der Waals surface area contributed by atoms with Crippen LogP contribution in [0.25, 0.3) is 5.76 Å². The van der Waals surface area contributed by atoms with Crippen LogP contribution in [0.4, 0.5) is 0 Å². The molecule has 1 aliphatic rings. The van der Waals surface area contributed by atoms with Crippen LogP contribution in [0, 0.1) is 6.92 Å². The number of hydrogen-bond acceptors (Lipinski definition) is 5. The van der Waals surface area contributed by atoms with Crippen molar-refractivity contribution in [2.75, 3.05) is 33.8 Å². The minimum Gasteiger partial charge on any atom is -0.507 e. The summed E-state index contributed by atoms with van der Waals surface area (Å²) in [5.74, 6) is 0.166. The summed E-state index contributed by atoms with van der Waals surface area (Å²) in [4.78, 5) is 28.5. The summed E-state index contributed by atoms with van der Waals surface area (Å²) in [7, 11) is 4.07. The van der Waals surface area contributed by atoms with Crippen molar-refractivity contribution in [3.63, 3.8) is 0 Å². The number of rotatable bonds is 8. The summed E-state index contributed by atoms with van der Waals surface area (Å²) in [6, 6.07) is 9.64. The summed E-state index contributed by atoms with van der Waals surface area (Å²) in [6.45, 7) is 5.40. The third-order valence-corrected chi connectivity index (χ3v) is 5.06. The van der Waals surface area contributed by atoms with E-state index in [1.807, 2.05) is 21.0 Å². The van der Waals surface area contributed by atoms with Crippen molar-refractivity contribution in [3.8, 4) is 5.75 Å². The maximum Gasteiger partial charge on any atom is 0.295 e. The minimum absolute atomic E-state index is 0.0419. The average Bonchev–Trinajstić information content (AvgIpc) is 3.24. The van der Waals surface area contributed by atoms with Gasteiger partial charge in [0.05, 0.1) is 32.8 Å². The van der Waals surface area contributed by atoms with E-state index in [1.54, 1.807) is 43.3 Å². The maximum atomic E-state index is 12.9. The lowest BCUT2D eigenvalue weighted by molar-refractivity contribution is -0.858. The number of ether oxygens (including phenoxy) is 1. The number of carbonyl (C=O) groups is 2. The zero-order chi connectivity index (χ0) is 21.8. The van der Waals surface area contributed by atoms with Gasteiger partial charge in [0.25, 0.3) is 11.7 Å². The van der Waals surface area contributed by atoms with Gasteiger partial charge in [0.1, 0.15) is 29.1 Å². The number of amides is 1. The van der Waals surface area contributed by atoms with Crippen LogP contribution in [0.3, 0.4) is 0 Å².